The summed E-state index contributed by atoms with van der Waals surface area (Å²) in [6.45, 7) is 2.33. The predicted octanol–water partition coefficient (Wildman–Crippen LogP) is 4.43. The van der Waals surface area contributed by atoms with E-state index in [1.807, 2.05) is 31.2 Å². The van der Waals surface area contributed by atoms with E-state index in [1.54, 1.807) is 0 Å². The van der Waals surface area contributed by atoms with Gasteiger partial charge in [-0.25, -0.2) is 0 Å². The molecule has 0 aliphatic heterocycles. The van der Waals surface area contributed by atoms with Crippen molar-refractivity contribution in [3.8, 4) is 0 Å². The normalized spacial score (nSPS) is 15.1. The number of aryl methyl sites for hydroxylation is 1. The van der Waals surface area contributed by atoms with E-state index in [1.165, 1.54) is 55.2 Å². The van der Waals surface area contributed by atoms with Crippen LogP contribution in [0.25, 0.3) is 0 Å². The maximum Gasteiger partial charge on any atom is 0.316 e. The summed E-state index contributed by atoms with van der Waals surface area (Å²) in [5.74, 6) is 0.0210. The summed E-state index contributed by atoms with van der Waals surface area (Å²) in [5, 5.41) is 12.6. The summed E-state index contributed by atoms with van der Waals surface area (Å²) in [7, 11) is 0. The van der Waals surface area contributed by atoms with Gasteiger partial charge in [-0.2, -0.15) is 0 Å². The van der Waals surface area contributed by atoms with Gasteiger partial charge in [0.15, 0.2) is 4.34 Å². The van der Waals surface area contributed by atoms with E-state index in [0.717, 1.165) is 20.6 Å². The van der Waals surface area contributed by atoms with Crippen molar-refractivity contribution in [1.29, 1.82) is 0 Å². The van der Waals surface area contributed by atoms with Crippen LogP contribution in [0.1, 0.15) is 43.2 Å². The Morgan fingerprint density at radius 1 is 1.32 bits per heavy atom. The Kier molecular flexibility index (Phi) is 6.69. The Morgan fingerprint density at radius 2 is 2.16 bits per heavy atom. The van der Waals surface area contributed by atoms with E-state index in [0.29, 0.717) is 12.6 Å². The maximum absolute atomic E-state index is 11.9. The zero-order valence-electron chi connectivity index (χ0n) is 14.4. The average molecular weight is 378 g/mol. The molecule has 0 spiro atoms. The summed E-state index contributed by atoms with van der Waals surface area (Å²) < 4.78 is 6.11. The molecule has 2 aromatic rings. The van der Waals surface area contributed by atoms with Crippen LogP contribution >= 0.6 is 23.1 Å². The lowest BCUT2D eigenvalue weighted by molar-refractivity contribution is -0.141. The molecule has 0 amide bonds. The molecule has 1 heterocycles. The number of rotatable bonds is 7. The van der Waals surface area contributed by atoms with Crippen LogP contribution in [0.2, 0.25) is 0 Å². The van der Waals surface area contributed by atoms with Crippen LogP contribution in [0.3, 0.4) is 0 Å². The molecule has 0 saturated heterocycles. The molecular formula is C18H23N3O2S2. The molecule has 0 radical (unpaired) electrons. The first kappa shape index (κ1) is 18.2. The fraction of sp³-hybridized carbons (Fsp3) is 0.500. The number of anilines is 1. The monoisotopic (exact) mass is 377 g/mol. The smallest absolute Gasteiger partial charge is 0.316 e. The minimum Gasteiger partial charge on any atom is -0.460 e. The summed E-state index contributed by atoms with van der Waals surface area (Å²) in [5.41, 5.74) is 2.17. The molecule has 0 unspecified atom stereocenters. The number of thioether (sulfide) groups is 1. The third-order valence-corrected chi connectivity index (χ3v) is 6.10. The molecule has 5 nitrogen and oxygen atoms in total. The van der Waals surface area contributed by atoms with Crippen molar-refractivity contribution < 1.29 is 9.53 Å². The van der Waals surface area contributed by atoms with Gasteiger partial charge in [-0.15, -0.1) is 10.2 Å². The lowest BCUT2D eigenvalue weighted by Gasteiger charge is -2.21. The molecule has 1 fully saturated rings. The Balaban J connectivity index is 1.40. The van der Waals surface area contributed by atoms with Crippen LogP contribution in [-0.4, -0.2) is 28.0 Å². The van der Waals surface area contributed by atoms with E-state index in [9.17, 15) is 4.79 Å². The second-order valence-electron chi connectivity index (χ2n) is 6.29. The molecule has 3 rings (SSSR count). The zero-order chi connectivity index (χ0) is 17.5. The Labute approximate surface area is 156 Å². The number of carbonyl (C=O) groups is 1. The minimum absolute atomic E-state index is 0.233. The Hall–Kier alpha value is -1.60. The second-order valence-corrected chi connectivity index (χ2v) is 8.49. The van der Waals surface area contributed by atoms with Crippen molar-refractivity contribution in [3.05, 3.63) is 35.4 Å². The number of nitrogens with one attached hydrogen (secondary N) is 1. The number of aromatic nitrogens is 2. The lowest BCUT2D eigenvalue weighted by atomic mass is 9.96. The molecule has 1 aromatic carbocycles. The summed E-state index contributed by atoms with van der Waals surface area (Å²) >= 11 is 2.89. The van der Waals surface area contributed by atoms with Crippen LogP contribution in [0.5, 0.6) is 0 Å². The first-order valence-electron chi connectivity index (χ1n) is 8.63. The Morgan fingerprint density at radius 3 is 2.96 bits per heavy atom. The number of nitrogens with zero attached hydrogens (tertiary/aromatic N) is 2. The number of ether oxygens (including phenoxy) is 1. The fourth-order valence-electron chi connectivity index (χ4n) is 2.88. The third kappa shape index (κ3) is 6.01. The quantitative estimate of drug-likeness (QED) is 0.569. The van der Waals surface area contributed by atoms with Crippen LogP contribution < -0.4 is 5.32 Å². The number of hydrogen-bond acceptors (Lipinski definition) is 7. The number of esters is 1. The van der Waals surface area contributed by atoms with Crippen molar-refractivity contribution in [2.24, 2.45) is 0 Å². The lowest BCUT2D eigenvalue weighted by Crippen LogP contribution is -2.21. The van der Waals surface area contributed by atoms with Gasteiger partial charge in [0.25, 0.3) is 0 Å². The maximum atomic E-state index is 11.9. The first-order valence-corrected chi connectivity index (χ1v) is 10.4. The molecule has 1 N–H and O–H groups in total. The highest BCUT2D eigenvalue weighted by Gasteiger charge is 2.15. The van der Waals surface area contributed by atoms with E-state index in [2.05, 4.69) is 15.5 Å². The summed E-state index contributed by atoms with van der Waals surface area (Å²) in [4.78, 5) is 11.9. The van der Waals surface area contributed by atoms with E-state index in [4.69, 9.17) is 4.74 Å². The van der Waals surface area contributed by atoms with Gasteiger partial charge in [0.05, 0.1) is 5.75 Å². The summed E-state index contributed by atoms with van der Waals surface area (Å²) in [6, 6.07) is 8.49. The predicted molar refractivity (Wildman–Crippen MR) is 102 cm³/mol. The van der Waals surface area contributed by atoms with Crippen LogP contribution in [-0.2, 0) is 16.1 Å². The minimum atomic E-state index is -0.233. The molecule has 25 heavy (non-hydrogen) atoms. The number of hydrogen-bond donors (Lipinski definition) is 1. The standard InChI is InChI=1S/C18H23N3O2S2/c1-13-6-5-7-14(10-13)11-23-16(22)12-24-18-21-20-17(25-18)19-15-8-3-2-4-9-15/h5-7,10,15H,2-4,8-9,11-12H2,1H3,(H,19,20). The van der Waals surface area contributed by atoms with Gasteiger partial charge in [-0.3, -0.25) is 4.79 Å². The molecule has 0 atom stereocenters. The van der Waals surface area contributed by atoms with Gasteiger partial charge >= 0.3 is 5.97 Å². The van der Waals surface area contributed by atoms with E-state index < -0.39 is 0 Å². The topological polar surface area (TPSA) is 64.1 Å². The highest BCUT2D eigenvalue weighted by atomic mass is 32.2. The molecule has 1 aliphatic carbocycles. The van der Waals surface area contributed by atoms with Crippen LogP contribution in [0.4, 0.5) is 5.13 Å². The molecule has 7 heteroatoms. The van der Waals surface area contributed by atoms with E-state index in [-0.39, 0.29) is 11.7 Å². The molecule has 1 aromatic heterocycles. The largest absolute Gasteiger partial charge is 0.460 e. The molecule has 0 bridgehead atoms. The van der Waals surface area contributed by atoms with Crippen LogP contribution in [0, 0.1) is 6.92 Å². The van der Waals surface area contributed by atoms with Gasteiger partial charge in [0.1, 0.15) is 6.61 Å². The fourth-order valence-corrected chi connectivity index (χ4v) is 4.50. The van der Waals surface area contributed by atoms with Gasteiger partial charge in [0.2, 0.25) is 5.13 Å². The highest BCUT2D eigenvalue weighted by molar-refractivity contribution is 8.01. The number of benzene rings is 1. The van der Waals surface area contributed by atoms with Gasteiger partial charge < -0.3 is 10.1 Å². The second kappa shape index (κ2) is 9.20. The molecule has 134 valence electrons. The van der Waals surface area contributed by atoms with Crippen molar-refractivity contribution in [1.82, 2.24) is 10.2 Å². The molecular weight excluding hydrogens is 354 g/mol. The molecule has 1 saturated carbocycles. The van der Waals surface area contributed by atoms with E-state index >= 15 is 0 Å². The third-order valence-electron chi connectivity index (χ3n) is 4.14. The highest BCUT2D eigenvalue weighted by Crippen LogP contribution is 2.28. The van der Waals surface area contributed by atoms with Crippen molar-refractivity contribution in [2.45, 2.75) is 56.0 Å². The van der Waals surface area contributed by atoms with Gasteiger partial charge in [-0.1, -0.05) is 72.2 Å². The van der Waals surface area contributed by atoms with Gasteiger partial charge in [-0.05, 0) is 25.3 Å². The van der Waals surface area contributed by atoms with Crippen molar-refractivity contribution in [3.63, 3.8) is 0 Å². The van der Waals surface area contributed by atoms with Crippen molar-refractivity contribution in [2.75, 3.05) is 11.1 Å². The molecule has 1 aliphatic rings. The first-order chi connectivity index (χ1) is 12.2. The number of carbonyl (C=O) groups excluding carboxylic acids is 1. The zero-order valence-corrected chi connectivity index (χ0v) is 16.0. The van der Waals surface area contributed by atoms with Crippen LogP contribution in [0.15, 0.2) is 28.6 Å². The van der Waals surface area contributed by atoms with Gasteiger partial charge in [0, 0.05) is 6.04 Å². The van der Waals surface area contributed by atoms with Crippen molar-refractivity contribution >= 4 is 34.2 Å². The average Bonchev–Trinajstić information content (AvgIpc) is 3.06. The Bertz CT molecular complexity index is 699. The SMILES string of the molecule is Cc1cccc(COC(=O)CSc2nnc(NC3CCCCC3)s2)c1. The summed E-state index contributed by atoms with van der Waals surface area (Å²) in [6.07, 6.45) is 6.30.